The third kappa shape index (κ3) is 3.19. The molecule has 1 rings (SSSR count). The smallest absolute Gasteiger partial charge is 0.239 e. The zero-order chi connectivity index (χ0) is 12.3. The number of nitrogens with zero attached hydrogens (tertiary/aromatic N) is 2. The topological polar surface area (TPSA) is 49.6 Å². The Hall–Kier alpha value is -0.610. The number of carbonyl (C=O) groups is 1. The number of piperidine rings is 1. The maximum atomic E-state index is 12.1. The summed E-state index contributed by atoms with van der Waals surface area (Å²) in [5.41, 5.74) is 5.91. The van der Waals surface area contributed by atoms with E-state index in [1.165, 1.54) is 6.42 Å². The second kappa shape index (κ2) is 5.64. The second-order valence-electron chi connectivity index (χ2n) is 5.31. The van der Waals surface area contributed by atoms with Crippen LogP contribution >= 0.6 is 0 Å². The molecule has 4 nitrogen and oxygen atoms in total. The zero-order valence-corrected chi connectivity index (χ0v) is 10.9. The summed E-state index contributed by atoms with van der Waals surface area (Å²) in [6, 6.07) is 0.137. The van der Waals surface area contributed by atoms with Crippen molar-refractivity contribution in [2.24, 2.45) is 11.7 Å². The van der Waals surface area contributed by atoms with Gasteiger partial charge in [-0.3, -0.25) is 4.79 Å². The molecule has 2 N–H and O–H groups in total. The van der Waals surface area contributed by atoms with Crippen molar-refractivity contribution in [3.8, 4) is 0 Å². The van der Waals surface area contributed by atoms with Gasteiger partial charge in [-0.1, -0.05) is 13.8 Å². The highest BCUT2D eigenvalue weighted by Gasteiger charge is 2.28. The van der Waals surface area contributed by atoms with Crippen LogP contribution in [0, 0.1) is 5.92 Å². The Balaban J connectivity index is 2.56. The average molecular weight is 227 g/mol. The zero-order valence-electron chi connectivity index (χ0n) is 10.9. The Kier molecular flexibility index (Phi) is 4.74. The van der Waals surface area contributed by atoms with Crippen LogP contribution in [0.1, 0.15) is 26.7 Å². The summed E-state index contributed by atoms with van der Waals surface area (Å²) in [7, 11) is 4.14. The van der Waals surface area contributed by atoms with Crippen LogP contribution in [0.4, 0.5) is 0 Å². The van der Waals surface area contributed by atoms with E-state index in [0.29, 0.717) is 6.04 Å². The highest BCUT2D eigenvalue weighted by Crippen LogP contribution is 2.15. The van der Waals surface area contributed by atoms with Gasteiger partial charge in [-0.25, -0.2) is 0 Å². The molecule has 1 fully saturated rings. The van der Waals surface area contributed by atoms with Gasteiger partial charge in [0.15, 0.2) is 0 Å². The van der Waals surface area contributed by atoms with Gasteiger partial charge in [-0.05, 0) is 32.9 Å². The number of hydrogen-bond donors (Lipinski definition) is 1. The molecule has 1 saturated heterocycles. The summed E-state index contributed by atoms with van der Waals surface area (Å²) in [5, 5.41) is 0. The van der Waals surface area contributed by atoms with E-state index >= 15 is 0 Å². The minimum Gasteiger partial charge on any atom is -0.340 e. The average Bonchev–Trinajstić information content (AvgIpc) is 2.27. The summed E-state index contributed by atoms with van der Waals surface area (Å²) in [5.74, 6) is 0.328. The van der Waals surface area contributed by atoms with E-state index < -0.39 is 0 Å². The van der Waals surface area contributed by atoms with Crippen LogP contribution in [-0.2, 0) is 4.79 Å². The SMILES string of the molecule is CC(C)C(N)C(=O)N1CCCC(N(C)C)C1. The Morgan fingerprint density at radius 1 is 1.44 bits per heavy atom. The van der Waals surface area contributed by atoms with Crippen LogP contribution in [0.25, 0.3) is 0 Å². The number of amides is 1. The summed E-state index contributed by atoms with van der Waals surface area (Å²) in [6.45, 7) is 5.68. The molecule has 16 heavy (non-hydrogen) atoms. The number of hydrogen-bond acceptors (Lipinski definition) is 3. The molecule has 0 aromatic rings. The third-order valence-corrected chi connectivity index (χ3v) is 3.44. The molecule has 1 aliphatic heterocycles. The fraction of sp³-hybridized carbons (Fsp3) is 0.917. The molecule has 0 aromatic carbocycles. The first-order valence-electron chi connectivity index (χ1n) is 6.14. The predicted octanol–water partition coefficient (Wildman–Crippen LogP) is 0.522. The number of likely N-dealkylation sites (N-methyl/N-ethyl adjacent to an activating group) is 1. The van der Waals surface area contributed by atoms with E-state index in [1.807, 2.05) is 18.7 Å². The van der Waals surface area contributed by atoms with Gasteiger partial charge in [0.05, 0.1) is 6.04 Å². The monoisotopic (exact) mass is 227 g/mol. The first-order chi connectivity index (χ1) is 7.43. The normalized spacial score (nSPS) is 23.9. The minimum absolute atomic E-state index is 0.113. The van der Waals surface area contributed by atoms with Gasteiger partial charge in [0, 0.05) is 19.1 Å². The Bertz CT molecular complexity index is 240. The van der Waals surface area contributed by atoms with Crippen LogP contribution in [0.15, 0.2) is 0 Å². The molecular formula is C12H25N3O. The van der Waals surface area contributed by atoms with Crippen molar-refractivity contribution in [3.63, 3.8) is 0 Å². The fourth-order valence-corrected chi connectivity index (χ4v) is 2.07. The van der Waals surface area contributed by atoms with Crippen molar-refractivity contribution < 1.29 is 4.79 Å². The van der Waals surface area contributed by atoms with Crippen molar-refractivity contribution in [3.05, 3.63) is 0 Å². The van der Waals surface area contributed by atoms with Crippen molar-refractivity contribution in [2.45, 2.75) is 38.8 Å². The standard InChI is InChI=1S/C12H25N3O/c1-9(2)11(13)12(16)15-7-5-6-10(8-15)14(3)4/h9-11H,5-8,13H2,1-4H3. The van der Waals surface area contributed by atoms with E-state index in [1.54, 1.807) is 0 Å². The summed E-state index contributed by atoms with van der Waals surface area (Å²) >= 11 is 0. The fourth-order valence-electron chi connectivity index (χ4n) is 2.07. The molecule has 0 bridgehead atoms. The molecule has 0 spiro atoms. The van der Waals surface area contributed by atoms with Gasteiger partial charge < -0.3 is 15.5 Å². The molecule has 4 heteroatoms. The lowest BCUT2D eigenvalue weighted by Gasteiger charge is -2.37. The van der Waals surface area contributed by atoms with Gasteiger partial charge >= 0.3 is 0 Å². The maximum absolute atomic E-state index is 12.1. The summed E-state index contributed by atoms with van der Waals surface area (Å²) in [4.78, 5) is 16.2. The Morgan fingerprint density at radius 2 is 2.06 bits per heavy atom. The molecule has 1 heterocycles. The van der Waals surface area contributed by atoms with Crippen molar-refractivity contribution >= 4 is 5.91 Å². The number of likely N-dealkylation sites (tertiary alicyclic amines) is 1. The van der Waals surface area contributed by atoms with E-state index in [-0.39, 0.29) is 17.9 Å². The number of carbonyl (C=O) groups excluding carboxylic acids is 1. The second-order valence-corrected chi connectivity index (χ2v) is 5.31. The van der Waals surface area contributed by atoms with E-state index in [4.69, 9.17) is 5.73 Å². The molecule has 0 radical (unpaired) electrons. The molecule has 94 valence electrons. The molecular weight excluding hydrogens is 202 g/mol. The van der Waals surface area contributed by atoms with Crippen molar-refractivity contribution in [1.82, 2.24) is 9.80 Å². The highest BCUT2D eigenvalue weighted by atomic mass is 16.2. The van der Waals surface area contributed by atoms with E-state index in [9.17, 15) is 4.79 Å². The lowest BCUT2D eigenvalue weighted by atomic mass is 10.00. The van der Waals surface area contributed by atoms with Crippen LogP contribution < -0.4 is 5.73 Å². The molecule has 2 unspecified atom stereocenters. The van der Waals surface area contributed by atoms with Gasteiger partial charge in [-0.2, -0.15) is 0 Å². The van der Waals surface area contributed by atoms with Gasteiger partial charge in [0.2, 0.25) is 5.91 Å². The summed E-state index contributed by atoms with van der Waals surface area (Å²) < 4.78 is 0. The molecule has 0 aliphatic carbocycles. The Labute approximate surface area is 98.8 Å². The molecule has 1 amide bonds. The summed E-state index contributed by atoms with van der Waals surface area (Å²) in [6.07, 6.45) is 2.26. The largest absolute Gasteiger partial charge is 0.340 e. The van der Waals surface area contributed by atoms with Crippen LogP contribution in [0.3, 0.4) is 0 Å². The van der Waals surface area contributed by atoms with Crippen LogP contribution in [0.5, 0.6) is 0 Å². The van der Waals surface area contributed by atoms with E-state index in [0.717, 1.165) is 19.5 Å². The van der Waals surface area contributed by atoms with E-state index in [2.05, 4.69) is 19.0 Å². The Morgan fingerprint density at radius 3 is 2.56 bits per heavy atom. The van der Waals surface area contributed by atoms with Crippen LogP contribution in [0.2, 0.25) is 0 Å². The van der Waals surface area contributed by atoms with Gasteiger partial charge in [-0.15, -0.1) is 0 Å². The highest BCUT2D eigenvalue weighted by molar-refractivity contribution is 5.82. The minimum atomic E-state index is -0.346. The van der Waals surface area contributed by atoms with Gasteiger partial charge in [0.25, 0.3) is 0 Å². The quantitative estimate of drug-likeness (QED) is 0.765. The van der Waals surface area contributed by atoms with Crippen LogP contribution in [-0.4, -0.2) is 55.0 Å². The van der Waals surface area contributed by atoms with Crippen molar-refractivity contribution in [1.29, 1.82) is 0 Å². The number of rotatable bonds is 3. The first-order valence-corrected chi connectivity index (χ1v) is 6.14. The lowest BCUT2D eigenvalue weighted by molar-refractivity contribution is -0.135. The molecule has 0 saturated carbocycles. The van der Waals surface area contributed by atoms with Crippen molar-refractivity contribution in [2.75, 3.05) is 27.2 Å². The number of nitrogens with two attached hydrogens (primary N) is 1. The lowest BCUT2D eigenvalue weighted by Crippen LogP contribution is -2.53. The first kappa shape index (κ1) is 13.5. The predicted molar refractivity (Wildman–Crippen MR) is 66.1 cm³/mol. The third-order valence-electron chi connectivity index (χ3n) is 3.44. The van der Waals surface area contributed by atoms with Gasteiger partial charge in [0.1, 0.15) is 0 Å². The molecule has 2 atom stereocenters. The maximum Gasteiger partial charge on any atom is 0.239 e. The molecule has 1 aliphatic rings. The molecule has 0 aromatic heterocycles.